The zero-order valence-corrected chi connectivity index (χ0v) is 17.5. The lowest BCUT2D eigenvalue weighted by Gasteiger charge is -2.22. The fraction of sp³-hybridized carbons (Fsp3) is 0.364. The van der Waals surface area contributed by atoms with E-state index in [1.165, 1.54) is 25.0 Å². The highest BCUT2D eigenvalue weighted by molar-refractivity contribution is 5.97. The molecule has 2 aromatic carbocycles. The third-order valence-corrected chi connectivity index (χ3v) is 4.88. The molecule has 2 aromatic rings. The molecule has 0 aliphatic carbocycles. The molecule has 0 radical (unpaired) electrons. The van der Waals surface area contributed by atoms with Crippen LogP contribution in [0.4, 0.5) is 10.1 Å². The minimum atomic E-state index is -0.520. The van der Waals surface area contributed by atoms with Crippen LogP contribution < -0.4 is 20.7 Å². The highest BCUT2D eigenvalue weighted by atomic mass is 35.5. The number of carbonyl (C=O) groups is 2. The number of ether oxygens (including phenoxy) is 1. The Balaban J connectivity index is 0.00000320. The Labute approximate surface area is 182 Å². The molecule has 3 rings (SSSR count). The van der Waals surface area contributed by atoms with Crippen molar-refractivity contribution in [2.24, 2.45) is 5.92 Å². The highest BCUT2D eigenvalue weighted by Gasteiger charge is 2.16. The van der Waals surface area contributed by atoms with Crippen LogP contribution in [0.5, 0.6) is 5.75 Å². The molecule has 0 spiro atoms. The van der Waals surface area contributed by atoms with Crippen LogP contribution in [0.1, 0.15) is 29.6 Å². The van der Waals surface area contributed by atoms with Gasteiger partial charge in [0.15, 0.2) is 6.61 Å². The van der Waals surface area contributed by atoms with Crippen molar-refractivity contribution in [3.05, 3.63) is 59.9 Å². The third-order valence-electron chi connectivity index (χ3n) is 4.88. The number of nitrogens with one attached hydrogen (secondary N) is 3. The molecule has 0 aromatic heterocycles. The number of amides is 2. The van der Waals surface area contributed by atoms with E-state index in [9.17, 15) is 14.0 Å². The van der Waals surface area contributed by atoms with Gasteiger partial charge in [-0.3, -0.25) is 9.59 Å². The first-order chi connectivity index (χ1) is 14.1. The minimum absolute atomic E-state index is 0. The average Bonchev–Trinajstić information content (AvgIpc) is 2.75. The van der Waals surface area contributed by atoms with Crippen LogP contribution in [0.25, 0.3) is 0 Å². The quantitative estimate of drug-likeness (QED) is 0.594. The van der Waals surface area contributed by atoms with Crippen LogP contribution >= 0.6 is 12.4 Å². The first-order valence-electron chi connectivity index (χ1n) is 9.88. The van der Waals surface area contributed by atoms with Crippen LogP contribution in [0.15, 0.2) is 48.5 Å². The van der Waals surface area contributed by atoms with Crippen LogP contribution in [-0.4, -0.2) is 38.1 Å². The summed E-state index contributed by atoms with van der Waals surface area (Å²) >= 11 is 0. The zero-order chi connectivity index (χ0) is 20.5. The topological polar surface area (TPSA) is 79.5 Å². The molecule has 6 nitrogen and oxygen atoms in total. The molecule has 1 fully saturated rings. The number of hydrogen-bond donors (Lipinski definition) is 3. The molecule has 2 amide bonds. The Hall–Kier alpha value is -2.64. The number of para-hydroxylation sites is 2. The van der Waals surface area contributed by atoms with Gasteiger partial charge in [0.1, 0.15) is 11.6 Å². The molecule has 1 atom stereocenters. The number of carbonyl (C=O) groups excluding carboxylic acids is 2. The second kappa shape index (κ2) is 12.1. The molecule has 162 valence electrons. The van der Waals surface area contributed by atoms with Gasteiger partial charge in [-0.25, -0.2) is 4.39 Å². The molecule has 30 heavy (non-hydrogen) atoms. The minimum Gasteiger partial charge on any atom is -0.483 e. The number of piperidine rings is 1. The van der Waals surface area contributed by atoms with Gasteiger partial charge in [0.05, 0.1) is 11.3 Å². The fourth-order valence-corrected chi connectivity index (χ4v) is 3.33. The van der Waals surface area contributed by atoms with Crippen LogP contribution in [-0.2, 0) is 4.79 Å². The van der Waals surface area contributed by atoms with Gasteiger partial charge in [-0.1, -0.05) is 24.3 Å². The van der Waals surface area contributed by atoms with Gasteiger partial charge in [0, 0.05) is 6.54 Å². The summed E-state index contributed by atoms with van der Waals surface area (Å²) in [5.41, 5.74) is 0.456. The maximum atomic E-state index is 13.6. The van der Waals surface area contributed by atoms with E-state index in [4.69, 9.17) is 4.74 Å². The standard InChI is InChI=1S/C22H26FN3O3.ClH/c23-18-8-2-3-9-19(18)26-21(27)15-29-20-10-4-1-7-17(20)22(28)25-13-11-16-6-5-12-24-14-16;/h1-4,7-10,16,24H,5-6,11-15H2,(H,25,28)(H,26,27);1H. The predicted molar refractivity (Wildman–Crippen MR) is 117 cm³/mol. The smallest absolute Gasteiger partial charge is 0.262 e. The van der Waals surface area contributed by atoms with Gasteiger partial charge in [-0.15, -0.1) is 12.4 Å². The Morgan fingerprint density at radius 2 is 1.90 bits per heavy atom. The number of rotatable bonds is 8. The fourth-order valence-electron chi connectivity index (χ4n) is 3.33. The lowest BCUT2D eigenvalue weighted by atomic mass is 9.96. The Bertz CT molecular complexity index is 844. The van der Waals surface area contributed by atoms with Gasteiger partial charge in [-0.2, -0.15) is 0 Å². The van der Waals surface area contributed by atoms with E-state index < -0.39 is 11.7 Å². The van der Waals surface area contributed by atoms with E-state index in [0.717, 1.165) is 19.5 Å². The third kappa shape index (κ3) is 7.00. The van der Waals surface area contributed by atoms with Crippen LogP contribution in [0, 0.1) is 11.7 Å². The first kappa shape index (κ1) is 23.6. The monoisotopic (exact) mass is 435 g/mol. The van der Waals surface area contributed by atoms with Crippen molar-refractivity contribution < 1.29 is 18.7 Å². The van der Waals surface area contributed by atoms with E-state index >= 15 is 0 Å². The normalized spacial score (nSPS) is 15.6. The second-order valence-electron chi connectivity index (χ2n) is 7.07. The summed E-state index contributed by atoms with van der Waals surface area (Å²) in [6, 6.07) is 12.7. The molecule has 1 unspecified atom stereocenters. The molecule has 0 saturated carbocycles. The molecule has 1 aliphatic heterocycles. The van der Waals surface area contributed by atoms with Crippen molar-refractivity contribution in [1.82, 2.24) is 10.6 Å². The second-order valence-corrected chi connectivity index (χ2v) is 7.07. The SMILES string of the molecule is Cl.O=C(COc1ccccc1C(=O)NCCC1CCCNC1)Nc1ccccc1F. The summed E-state index contributed by atoms with van der Waals surface area (Å²) in [6.45, 7) is 2.32. The number of halogens is 2. The Kier molecular flexibility index (Phi) is 9.57. The van der Waals surface area contributed by atoms with Gasteiger partial charge in [0.25, 0.3) is 11.8 Å². The molecule has 1 saturated heterocycles. The molecule has 8 heteroatoms. The van der Waals surface area contributed by atoms with E-state index in [1.54, 1.807) is 36.4 Å². The summed E-state index contributed by atoms with van der Waals surface area (Å²) < 4.78 is 19.1. The molecular formula is C22H27ClFN3O3. The summed E-state index contributed by atoms with van der Waals surface area (Å²) in [6.07, 6.45) is 3.27. The first-order valence-corrected chi connectivity index (χ1v) is 9.88. The lowest BCUT2D eigenvalue weighted by Crippen LogP contribution is -2.33. The van der Waals surface area contributed by atoms with Crippen molar-refractivity contribution in [3.63, 3.8) is 0 Å². The van der Waals surface area contributed by atoms with E-state index in [1.807, 2.05) is 0 Å². The lowest BCUT2D eigenvalue weighted by molar-refractivity contribution is -0.118. The van der Waals surface area contributed by atoms with Crippen molar-refractivity contribution >= 4 is 29.9 Å². The average molecular weight is 436 g/mol. The van der Waals surface area contributed by atoms with Crippen LogP contribution in [0.2, 0.25) is 0 Å². The maximum Gasteiger partial charge on any atom is 0.262 e. The molecule has 3 N–H and O–H groups in total. The Morgan fingerprint density at radius 1 is 1.13 bits per heavy atom. The molecular weight excluding hydrogens is 409 g/mol. The number of hydrogen-bond acceptors (Lipinski definition) is 4. The van der Waals surface area contributed by atoms with Gasteiger partial charge in [-0.05, 0) is 62.5 Å². The van der Waals surface area contributed by atoms with Crippen molar-refractivity contribution in [2.75, 3.05) is 31.6 Å². The summed E-state index contributed by atoms with van der Waals surface area (Å²) in [5, 5.41) is 8.75. The zero-order valence-electron chi connectivity index (χ0n) is 16.7. The largest absolute Gasteiger partial charge is 0.483 e. The highest BCUT2D eigenvalue weighted by Crippen LogP contribution is 2.19. The van der Waals surface area contributed by atoms with Gasteiger partial charge < -0.3 is 20.7 Å². The Morgan fingerprint density at radius 3 is 2.67 bits per heavy atom. The molecule has 0 bridgehead atoms. The van der Waals surface area contributed by atoms with Crippen molar-refractivity contribution in [2.45, 2.75) is 19.3 Å². The van der Waals surface area contributed by atoms with Crippen LogP contribution in [0.3, 0.4) is 0 Å². The number of benzene rings is 2. The summed E-state index contributed by atoms with van der Waals surface area (Å²) in [4.78, 5) is 24.6. The number of anilines is 1. The van der Waals surface area contributed by atoms with Gasteiger partial charge in [0.2, 0.25) is 0 Å². The predicted octanol–water partition coefficient (Wildman–Crippen LogP) is 3.38. The van der Waals surface area contributed by atoms with E-state index in [0.29, 0.717) is 23.8 Å². The summed E-state index contributed by atoms with van der Waals surface area (Å²) in [5.74, 6) is -0.367. The van der Waals surface area contributed by atoms with Crippen molar-refractivity contribution in [3.8, 4) is 5.75 Å². The maximum absolute atomic E-state index is 13.6. The molecule has 1 aliphatic rings. The van der Waals surface area contributed by atoms with Gasteiger partial charge >= 0.3 is 0 Å². The van der Waals surface area contributed by atoms with Crippen molar-refractivity contribution in [1.29, 1.82) is 0 Å². The summed E-state index contributed by atoms with van der Waals surface area (Å²) in [7, 11) is 0. The van der Waals surface area contributed by atoms with E-state index in [-0.39, 0.29) is 30.6 Å². The van der Waals surface area contributed by atoms with E-state index in [2.05, 4.69) is 16.0 Å². The molecule has 1 heterocycles.